The van der Waals surface area contributed by atoms with E-state index < -0.39 is 0 Å². The Morgan fingerprint density at radius 1 is 1.09 bits per heavy atom. The number of carbonyl (C=O) groups is 1. The second-order valence-corrected chi connectivity index (χ2v) is 5.97. The molecule has 0 aliphatic heterocycles. The number of aldehydes is 1. The van der Waals surface area contributed by atoms with E-state index in [0.29, 0.717) is 48.5 Å². The number of carbonyl (C=O) groups excluding carboxylic acids is 1. The van der Waals surface area contributed by atoms with Gasteiger partial charge in [0.25, 0.3) is 0 Å². The zero-order chi connectivity index (χ0) is 15.9. The molecule has 1 aromatic heterocycles. The van der Waals surface area contributed by atoms with Gasteiger partial charge in [-0.25, -0.2) is 0 Å². The van der Waals surface area contributed by atoms with Crippen molar-refractivity contribution in [2.45, 2.75) is 0 Å². The molecule has 22 heavy (non-hydrogen) atoms. The van der Waals surface area contributed by atoms with Crippen LogP contribution in [0.1, 0.15) is 10.4 Å². The minimum absolute atomic E-state index is 0.410. The van der Waals surface area contributed by atoms with E-state index in [1.54, 1.807) is 37.4 Å². The molecule has 0 aliphatic rings. The number of methoxy groups -OCH3 is 1. The SMILES string of the molecule is COc1ccc(Cl)cc1-c1[nH]c2cc(Cl)cc(Cl)c2c1C=O. The van der Waals surface area contributed by atoms with Crippen molar-refractivity contribution in [3.8, 4) is 17.0 Å². The first kappa shape index (κ1) is 15.2. The molecular weight excluding hydrogens is 345 g/mol. The topological polar surface area (TPSA) is 42.1 Å². The van der Waals surface area contributed by atoms with E-state index in [4.69, 9.17) is 39.5 Å². The van der Waals surface area contributed by atoms with Crippen LogP contribution >= 0.6 is 34.8 Å². The molecule has 2 aromatic carbocycles. The Morgan fingerprint density at radius 3 is 2.55 bits per heavy atom. The van der Waals surface area contributed by atoms with Crippen LogP contribution < -0.4 is 4.74 Å². The van der Waals surface area contributed by atoms with Crippen LogP contribution in [0.3, 0.4) is 0 Å². The molecule has 0 saturated heterocycles. The Labute approximate surface area is 141 Å². The lowest BCUT2D eigenvalue weighted by atomic mass is 10.1. The van der Waals surface area contributed by atoms with Gasteiger partial charge in [-0.15, -0.1) is 0 Å². The number of ether oxygens (including phenoxy) is 1. The summed E-state index contributed by atoms with van der Waals surface area (Å²) >= 11 is 18.3. The number of benzene rings is 2. The highest BCUT2D eigenvalue weighted by atomic mass is 35.5. The number of hydrogen-bond donors (Lipinski definition) is 1. The molecule has 0 saturated carbocycles. The number of aromatic nitrogens is 1. The van der Waals surface area contributed by atoms with Gasteiger partial charge in [0.05, 0.1) is 17.8 Å². The Bertz CT molecular complexity index is 887. The molecule has 0 spiro atoms. The van der Waals surface area contributed by atoms with E-state index in [1.807, 2.05) is 0 Å². The van der Waals surface area contributed by atoms with Crippen LogP contribution in [0.2, 0.25) is 15.1 Å². The summed E-state index contributed by atoms with van der Waals surface area (Å²) in [5, 5.41) is 2.06. The van der Waals surface area contributed by atoms with Crippen LogP contribution in [0.5, 0.6) is 5.75 Å². The lowest BCUT2D eigenvalue weighted by Crippen LogP contribution is -1.91. The van der Waals surface area contributed by atoms with Crippen LogP contribution in [0.4, 0.5) is 0 Å². The van der Waals surface area contributed by atoms with E-state index in [1.165, 1.54) is 0 Å². The van der Waals surface area contributed by atoms with Crippen LogP contribution in [-0.4, -0.2) is 18.4 Å². The number of H-pyrrole nitrogens is 1. The quantitative estimate of drug-likeness (QED) is 0.621. The number of halogens is 3. The molecule has 0 bridgehead atoms. The predicted molar refractivity (Wildman–Crippen MR) is 90.7 cm³/mol. The van der Waals surface area contributed by atoms with Crippen molar-refractivity contribution in [3.63, 3.8) is 0 Å². The van der Waals surface area contributed by atoms with Crippen molar-refractivity contribution in [1.82, 2.24) is 4.98 Å². The van der Waals surface area contributed by atoms with E-state index >= 15 is 0 Å². The molecule has 0 amide bonds. The van der Waals surface area contributed by atoms with Crippen molar-refractivity contribution < 1.29 is 9.53 Å². The minimum atomic E-state index is 0.410. The van der Waals surface area contributed by atoms with Gasteiger partial charge in [0, 0.05) is 32.1 Å². The Kier molecular flexibility index (Phi) is 4.04. The summed E-state index contributed by atoms with van der Waals surface area (Å²) in [7, 11) is 1.56. The molecule has 0 atom stereocenters. The maximum absolute atomic E-state index is 11.6. The maximum atomic E-state index is 11.6. The van der Waals surface area contributed by atoms with Gasteiger partial charge in [0.1, 0.15) is 5.75 Å². The lowest BCUT2D eigenvalue weighted by molar-refractivity contribution is 0.112. The zero-order valence-electron chi connectivity index (χ0n) is 11.4. The molecule has 0 unspecified atom stereocenters. The summed E-state index contributed by atoms with van der Waals surface area (Å²) in [6.45, 7) is 0. The molecule has 1 N–H and O–H groups in total. The highest BCUT2D eigenvalue weighted by Crippen LogP contribution is 2.39. The van der Waals surface area contributed by atoms with Gasteiger partial charge in [-0.05, 0) is 30.3 Å². The average molecular weight is 355 g/mol. The summed E-state index contributed by atoms with van der Waals surface area (Å²) in [6.07, 6.45) is 0.758. The van der Waals surface area contributed by atoms with Gasteiger partial charge in [0.2, 0.25) is 0 Å². The third-order valence-electron chi connectivity index (χ3n) is 3.40. The van der Waals surface area contributed by atoms with Gasteiger partial charge in [-0.3, -0.25) is 4.79 Å². The fourth-order valence-electron chi connectivity index (χ4n) is 2.48. The van der Waals surface area contributed by atoms with E-state index in [2.05, 4.69) is 4.98 Å². The van der Waals surface area contributed by atoms with Gasteiger partial charge in [-0.2, -0.15) is 0 Å². The van der Waals surface area contributed by atoms with Crippen LogP contribution in [0.25, 0.3) is 22.2 Å². The average Bonchev–Trinajstić information content (AvgIpc) is 2.85. The molecule has 3 rings (SSSR count). The molecule has 6 heteroatoms. The first-order valence-corrected chi connectivity index (χ1v) is 7.48. The smallest absolute Gasteiger partial charge is 0.152 e. The van der Waals surface area contributed by atoms with E-state index in [9.17, 15) is 4.79 Å². The third-order valence-corrected chi connectivity index (χ3v) is 4.15. The van der Waals surface area contributed by atoms with Gasteiger partial charge in [-0.1, -0.05) is 34.8 Å². The second-order valence-electron chi connectivity index (χ2n) is 4.69. The Hall–Kier alpha value is -1.68. The van der Waals surface area contributed by atoms with Crippen molar-refractivity contribution >= 4 is 52.0 Å². The molecule has 3 aromatic rings. The number of fused-ring (bicyclic) bond motifs is 1. The monoisotopic (exact) mass is 353 g/mol. The molecular formula is C16H10Cl3NO2. The first-order valence-electron chi connectivity index (χ1n) is 6.35. The Balaban J connectivity index is 2.39. The number of rotatable bonds is 3. The van der Waals surface area contributed by atoms with Gasteiger partial charge in [0.15, 0.2) is 6.29 Å². The first-order chi connectivity index (χ1) is 10.5. The highest BCUT2D eigenvalue weighted by Gasteiger charge is 2.18. The standard InChI is InChI=1S/C16H10Cl3NO2/c1-22-14-3-2-8(17)4-10(14)16-11(7-21)15-12(19)5-9(18)6-13(15)20-16/h2-7,20H,1H3. The molecule has 0 fully saturated rings. The van der Waals surface area contributed by atoms with Gasteiger partial charge < -0.3 is 9.72 Å². The fraction of sp³-hybridized carbons (Fsp3) is 0.0625. The summed E-state index contributed by atoms with van der Waals surface area (Å²) in [6, 6.07) is 8.51. The summed E-state index contributed by atoms with van der Waals surface area (Å²) in [4.78, 5) is 14.8. The molecule has 0 radical (unpaired) electrons. The van der Waals surface area contributed by atoms with Crippen LogP contribution in [0.15, 0.2) is 30.3 Å². The minimum Gasteiger partial charge on any atom is -0.496 e. The van der Waals surface area contributed by atoms with Crippen molar-refractivity contribution in [2.24, 2.45) is 0 Å². The lowest BCUT2D eigenvalue weighted by Gasteiger charge is -2.08. The third kappa shape index (κ3) is 2.45. The number of aromatic amines is 1. The van der Waals surface area contributed by atoms with Crippen molar-refractivity contribution in [3.05, 3.63) is 51.0 Å². The number of nitrogens with one attached hydrogen (secondary N) is 1. The molecule has 3 nitrogen and oxygen atoms in total. The Morgan fingerprint density at radius 2 is 1.86 bits per heavy atom. The molecule has 1 heterocycles. The number of hydrogen-bond acceptors (Lipinski definition) is 2. The summed E-state index contributed by atoms with van der Waals surface area (Å²) in [5.41, 5.74) is 2.39. The van der Waals surface area contributed by atoms with E-state index in [0.717, 1.165) is 6.29 Å². The summed E-state index contributed by atoms with van der Waals surface area (Å²) in [5.74, 6) is 0.598. The van der Waals surface area contributed by atoms with Crippen LogP contribution in [0, 0.1) is 0 Å². The zero-order valence-corrected chi connectivity index (χ0v) is 13.7. The second kappa shape index (κ2) is 5.84. The largest absolute Gasteiger partial charge is 0.496 e. The highest BCUT2D eigenvalue weighted by molar-refractivity contribution is 6.39. The van der Waals surface area contributed by atoms with Crippen LogP contribution in [-0.2, 0) is 0 Å². The predicted octanol–water partition coefficient (Wildman–Crippen LogP) is 5.62. The maximum Gasteiger partial charge on any atom is 0.152 e. The van der Waals surface area contributed by atoms with E-state index in [-0.39, 0.29) is 0 Å². The van der Waals surface area contributed by atoms with Gasteiger partial charge >= 0.3 is 0 Å². The van der Waals surface area contributed by atoms with Crippen molar-refractivity contribution in [2.75, 3.05) is 7.11 Å². The molecule has 112 valence electrons. The molecule has 0 aliphatic carbocycles. The normalized spacial score (nSPS) is 10.9. The van der Waals surface area contributed by atoms with Crippen molar-refractivity contribution in [1.29, 1.82) is 0 Å². The summed E-state index contributed by atoms with van der Waals surface area (Å²) < 4.78 is 5.35. The fourth-order valence-corrected chi connectivity index (χ4v) is 3.25.